The van der Waals surface area contributed by atoms with Gasteiger partial charge in [-0.15, -0.1) is 0 Å². The molecule has 22 heavy (non-hydrogen) atoms. The van der Waals surface area contributed by atoms with Crippen molar-refractivity contribution in [2.45, 2.75) is 31.7 Å². The van der Waals surface area contributed by atoms with E-state index in [-0.39, 0.29) is 0 Å². The minimum absolute atomic E-state index is 0.451. The molecule has 0 amide bonds. The van der Waals surface area contributed by atoms with Gasteiger partial charge in [0.25, 0.3) is 0 Å². The number of hydrogen-bond acceptors (Lipinski definition) is 3. The van der Waals surface area contributed by atoms with Gasteiger partial charge in [-0.1, -0.05) is 30.3 Å². The number of nitrogens with two attached hydrogens (primary N) is 1. The highest BCUT2D eigenvalue weighted by Crippen LogP contribution is 2.38. The molecule has 0 spiro atoms. The fourth-order valence-corrected chi connectivity index (χ4v) is 3.39. The van der Waals surface area contributed by atoms with E-state index in [1.807, 2.05) is 0 Å². The van der Waals surface area contributed by atoms with Gasteiger partial charge < -0.3 is 10.6 Å². The zero-order chi connectivity index (χ0) is 15.5. The Balaban J connectivity index is 2.05. The Bertz CT molecular complexity index is 616. The highest BCUT2D eigenvalue weighted by molar-refractivity contribution is 5.65. The fourth-order valence-electron chi connectivity index (χ4n) is 3.39. The van der Waals surface area contributed by atoms with Gasteiger partial charge in [0.05, 0.1) is 12.2 Å². The third-order valence-electron chi connectivity index (χ3n) is 4.56. The second kappa shape index (κ2) is 6.63. The van der Waals surface area contributed by atoms with Crippen molar-refractivity contribution in [3.63, 3.8) is 0 Å². The average Bonchev–Trinajstić information content (AvgIpc) is 2.92. The van der Waals surface area contributed by atoms with E-state index in [2.05, 4.69) is 54.0 Å². The summed E-state index contributed by atoms with van der Waals surface area (Å²) < 4.78 is 2.22. The molecule has 0 saturated carbocycles. The SMILES string of the molecule is CN(C)CCn1nc(-c2ccccc2)c2c1CCCC2CN. The maximum absolute atomic E-state index is 6.05. The quantitative estimate of drug-likeness (QED) is 0.922. The van der Waals surface area contributed by atoms with Crippen molar-refractivity contribution in [1.82, 2.24) is 14.7 Å². The van der Waals surface area contributed by atoms with Crippen LogP contribution in [0.2, 0.25) is 0 Å². The van der Waals surface area contributed by atoms with Crippen molar-refractivity contribution in [2.24, 2.45) is 5.73 Å². The van der Waals surface area contributed by atoms with Crippen LogP contribution in [-0.4, -0.2) is 41.9 Å². The first kappa shape index (κ1) is 15.3. The Morgan fingerprint density at radius 2 is 2.05 bits per heavy atom. The van der Waals surface area contributed by atoms with Crippen LogP contribution >= 0.6 is 0 Å². The summed E-state index contributed by atoms with van der Waals surface area (Å²) in [6, 6.07) is 10.5. The molecule has 1 aliphatic carbocycles. The molecule has 0 saturated heterocycles. The van der Waals surface area contributed by atoms with E-state index in [1.54, 1.807) is 0 Å². The van der Waals surface area contributed by atoms with Crippen LogP contribution in [0.15, 0.2) is 30.3 Å². The molecule has 1 aromatic heterocycles. The number of benzene rings is 1. The molecule has 2 aromatic rings. The van der Waals surface area contributed by atoms with Gasteiger partial charge in [-0.05, 0) is 39.9 Å². The van der Waals surface area contributed by atoms with Gasteiger partial charge in [0.1, 0.15) is 0 Å². The van der Waals surface area contributed by atoms with E-state index in [9.17, 15) is 0 Å². The van der Waals surface area contributed by atoms with Crippen LogP contribution < -0.4 is 5.73 Å². The smallest absolute Gasteiger partial charge is 0.0961 e. The molecule has 1 heterocycles. The van der Waals surface area contributed by atoms with Crippen LogP contribution in [0.1, 0.15) is 30.0 Å². The first-order valence-corrected chi connectivity index (χ1v) is 8.20. The molecule has 0 radical (unpaired) electrons. The standard InChI is InChI=1S/C18H26N4/c1-21(2)11-12-22-16-10-6-9-15(13-19)17(16)18(20-22)14-7-4-3-5-8-14/h3-5,7-8,15H,6,9-13,19H2,1-2H3. The normalized spacial score (nSPS) is 17.7. The number of nitrogens with zero attached hydrogens (tertiary/aromatic N) is 3. The Hall–Kier alpha value is -1.65. The number of hydrogen-bond donors (Lipinski definition) is 1. The molecule has 2 N–H and O–H groups in total. The van der Waals surface area contributed by atoms with Crippen LogP contribution in [0.4, 0.5) is 0 Å². The lowest BCUT2D eigenvalue weighted by molar-refractivity contribution is 0.367. The minimum Gasteiger partial charge on any atom is -0.330 e. The predicted octanol–water partition coefficient (Wildman–Crippen LogP) is 2.49. The van der Waals surface area contributed by atoms with Crippen molar-refractivity contribution in [1.29, 1.82) is 0 Å². The maximum atomic E-state index is 6.05. The van der Waals surface area contributed by atoms with Gasteiger partial charge in [-0.2, -0.15) is 5.10 Å². The highest BCUT2D eigenvalue weighted by atomic mass is 15.3. The van der Waals surface area contributed by atoms with E-state index >= 15 is 0 Å². The Morgan fingerprint density at radius 3 is 2.73 bits per heavy atom. The van der Waals surface area contributed by atoms with Gasteiger partial charge in [0.15, 0.2) is 0 Å². The van der Waals surface area contributed by atoms with E-state index in [0.717, 1.165) is 25.2 Å². The molecule has 1 unspecified atom stereocenters. The van der Waals surface area contributed by atoms with Gasteiger partial charge in [0, 0.05) is 29.3 Å². The lowest BCUT2D eigenvalue weighted by Crippen LogP contribution is -2.22. The Kier molecular flexibility index (Phi) is 4.60. The summed E-state index contributed by atoms with van der Waals surface area (Å²) in [5.41, 5.74) is 11.2. The van der Waals surface area contributed by atoms with E-state index in [1.165, 1.54) is 29.7 Å². The van der Waals surface area contributed by atoms with Crippen molar-refractivity contribution >= 4 is 0 Å². The number of fused-ring (bicyclic) bond motifs is 1. The third-order valence-corrected chi connectivity index (χ3v) is 4.56. The minimum atomic E-state index is 0.451. The summed E-state index contributed by atoms with van der Waals surface area (Å²) >= 11 is 0. The Labute approximate surface area is 132 Å². The first-order valence-electron chi connectivity index (χ1n) is 8.20. The van der Waals surface area contributed by atoms with Crippen LogP contribution in [0.3, 0.4) is 0 Å². The van der Waals surface area contributed by atoms with E-state index < -0.39 is 0 Å². The zero-order valence-corrected chi connectivity index (χ0v) is 13.6. The molecular weight excluding hydrogens is 272 g/mol. The first-order chi connectivity index (χ1) is 10.7. The largest absolute Gasteiger partial charge is 0.330 e. The van der Waals surface area contributed by atoms with Gasteiger partial charge in [-0.25, -0.2) is 0 Å². The summed E-state index contributed by atoms with van der Waals surface area (Å²) in [4.78, 5) is 2.21. The molecule has 0 bridgehead atoms. The molecule has 1 aromatic carbocycles. The van der Waals surface area contributed by atoms with Gasteiger partial charge in [0.2, 0.25) is 0 Å². The molecule has 118 valence electrons. The van der Waals surface area contributed by atoms with Crippen LogP contribution in [0, 0.1) is 0 Å². The van der Waals surface area contributed by atoms with E-state index in [0.29, 0.717) is 12.5 Å². The monoisotopic (exact) mass is 298 g/mol. The maximum Gasteiger partial charge on any atom is 0.0961 e. The van der Waals surface area contributed by atoms with Crippen molar-refractivity contribution in [2.75, 3.05) is 27.2 Å². The van der Waals surface area contributed by atoms with Crippen LogP contribution in [0.25, 0.3) is 11.3 Å². The second-order valence-electron chi connectivity index (χ2n) is 6.43. The molecule has 3 rings (SSSR count). The second-order valence-corrected chi connectivity index (χ2v) is 6.43. The summed E-state index contributed by atoms with van der Waals surface area (Å²) in [7, 11) is 4.22. The van der Waals surface area contributed by atoms with Crippen molar-refractivity contribution < 1.29 is 0 Å². The van der Waals surface area contributed by atoms with Gasteiger partial charge >= 0.3 is 0 Å². The topological polar surface area (TPSA) is 47.1 Å². The van der Waals surface area contributed by atoms with Crippen molar-refractivity contribution in [3.05, 3.63) is 41.6 Å². The number of aromatic nitrogens is 2. The molecule has 1 aliphatic rings. The lowest BCUT2D eigenvalue weighted by Gasteiger charge is -2.23. The number of likely N-dealkylation sites (N-methyl/N-ethyl adjacent to an activating group) is 1. The molecule has 1 atom stereocenters. The summed E-state index contributed by atoms with van der Waals surface area (Å²) in [5.74, 6) is 0.451. The molecular formula is C18H26N4. The zero-order valence-electron chi connectivity index (χ0n) is 13.6. The van der Waals surface area contributed by atoms with Crippen molar-refractivity contribution in [3.8, 4) is 11.3 Å². The fraction of sp³-hybridized carbons (Fsp3) is 0.500. The molecule has 4 nitrogen and oxygen atoms in total. The summed E-state index contributed by atoms with van der Waals surface area (Å²) in [6.45, 7) is 2.67. The van der Waals surface area contributed by atoms with E-state index in [4.69, 9.17) is 10.8 Å². The summed E-state index contributed by atoms with van der Waals surface area (Å²) in [6.07, 6.45) is 3.53. The predicted molar refractivity (Wildman–Crippen MR) is 91.0 cm³/mol. The van der Waals surface area contributed by atoms with Crippen LogP contribution in [-0.2, 0) is 13.0 Å². The summed E-state index contributed by atoms with van der Waals surface area (Å²) in [5, 5.41) is 4.97. The lowest BCUT2D eigenvalue weighted by atomic mass is 9.84. The molecule has 0 aliphatic heterocycles. The number of rotatable bonds is 5. The Morgan fingerprint density at radius 1 is 1.27 bits per heavy atom. The average molecular weight is 298 g/mol. The third kappa shape index (κ3) is 2.94. The molecule has 0 fully saturated rings. The van der Waals surface area contributed by atoms with Crippen LogP contribution in [0.5, 0.6) is 0 Å². The van der Waals surface area contributed by atoms with Gasteiger partial charge in [-0.3, -0.25) is 4.68 Å². The highest BCUT2D eigenvalue weighted by Gasteiger charge is 2.28. The molecule has 4 heteroatoms.